The first-order chi connectivity index (χ1) is 15.5. The van der Waals surface area contributed by atoms with Gasteiger partial charge in [0.05, 0.1) is 10.5 Å². The lowest BCUT2D eigenvalue weighted by Gasteiger charge is -2.28. The van der Waals surface area contributed by atoms with Gasteiger partial charge in [-0.2, -0.15) is 0 Å². The number of thioether (sulfide) groups is 1. The van der Waals surface area contributed by atoms with Gasteiger partial charge < -0.3 is 9.67 Å². The molecule has 5 rings (SSSR count). The van der Waals surface area contributed by atoms with E-state index in [1.807, 2.05) is 41.5 Å². The van der Waals surface area contributed by atoms with E-state index in [4.69, 9.17) is 4.98 Å². The highest BCUT2D eigenvalue weighted by molar-refractivity contribution is 7.99. The lowest BCUT2D eigenvalue weighted by Crippen LogP contribution is -2.16. The molecule has 2 aromatic heterocycles. The van der Waals surface area contributed by atoms with Gasteiger partial charge in [-0.3, -0.25) is 4.79 Å². The molecular weight excluding hydrogens is 423 g/mol. The number of para-hydroxylation sites is 1. The smallest absolute Gasteiger partial charge is 0.323 e. The maximum atomic E-state index is 14.1. The number of carbonyl (C=O) groups is 1. The summed E-state index contributed by atoms with van der Waals surface area (Å²) < 4.78 is 15.9. The maximum absolute atomic E-state index is 14.1. The molecule has 0 bridgehead atoms. The van der Waals surface area contributed by atoms with E-state index in [2.05, 4.69) is 18.2 Å². The van der Waals surface area contributed by atoms with Gasteiger partial charge in [-0.05, 0) is 74.4 Å². The van der Waals surface area contributed by atoms with Crippen LogP contribution in [0.5, 0.6) is 0 Å². The third-order valence-corrected chi connectivity index (χ3v) is 7.84. The van der Waals surface area contributed by atoms with Crippen LogP contribution in [0.1, 0.15) is 42.9 Å². The number of rotatable bonds is 5. The van der Waals surface area contributed by atoms with Crippen molar-refractivity contribution in [2.45, 2.75) is 55.3 Å². The third kappa shape index (κ3) is 3.99. The molecule has 0 atom stereocenters. The third-order valence-electron chi connectivity index (χ3n) is 6.57. The number of aliphatic carboxylic acids is 1. The second kappa shape index (κ2) is 8.58. The Bertz CT molecular complexity index is 1310. The van der Waals surface area contributed by atoms with Crippen LogP contribution in [0.15, 0.2) is 59.6 Å². The van der Waals surface area contributed by atoms with Crippen molar-refractivity contribution in [2.75, 3.05) is 0 Å². The monoisotopic (exact) mass is 448 g/mol. The molecule has 4 aromatic rings. The highest BCUT2D eigenvalue weighted by atomic mass is 32.2. The van der Waals surface area contributed by atoms with E-state index < -0.39 is 5.97 Å². The van der Waals surface area contributed by atoms with E-state index in [9.17, 15) is 14.3 Å². The van der Waals surface area contributed by atoms with Crippen molar-refractivity contribution in [3.63, 3.8) is 0 Å². The minimum absolute atomic E-state index is 0.104. The summed E-state index contributed by atoms with van der Waals surface area (Å²) in [4.78, 5) is 16.2. The second-order valence-electron chi connectivity index (χ2n) is 8.57. The van der Waals surface area contributed by atoms with Gasteiger partial charge in [0.1, 0.15) is 12.4 Å². The topological polar surface area (TPSA) is 55.1 Å². The van der Waals surface area contributed by atoms with Crippen LogP contribution >= 0.6 is 11.8 Å². The first-order valence-corrected chi connectivity index (χ1v) is 11.9. The van der Waals surface area contributed by atoms with Crippen molar-refractivity contribution in [1.82, 2.24) is 9.55 Å². The molecule has 1 fully saturated rings. The van der Waals surface area contributed by atoms with Crippen molar-refractivity contribution >= 4 is 39.5 Å². The number of pyridine rings is 1. The summed E-state index contributed by atoms with van der Waals surface area (Å²) in [6.07, 6.45) is 4.14. The normalized spacial score (nSPS) is 18.9. The van der Waals surface area contributed by atoms with Gasteiger partial charge in [0.25, 0.3) is 0 Å². The zero-order valence-corrected chi connectivity index (χ0v) is 18.7. The molecule has 4 nitrogen and oxygen atoms in total. The number of hydrogen-bond donors (Lipinski definition) is 1. The predicted octanol–water partition coefficient (Wildman–Crippen LogP) is 6.54. The van der Waals surface area contributed by atoms with Crippen molar-refractivity contribution < 1.29 is 14.3 Å². The molecule has 0 spiro atoms. The zero-order valence-electron chi connectivity index (χ0n) is 17.9. The summed E-state index contributed by atoms with van der Waals surface area (Å²) in [5.41, 5.74) is 3.89. The molecule has 0 amide bonds. The van der Waals surface area contributed by atoms with Crippen LogP contribution in [0.3, 0.4) is 0 Å². The van der Waals surface area contributed by atoms with Crippen molar-refractivity contribution in [3.05, 3.63) is 71.7 Å². The van der Waals surface area contributed by atoms with Crippen LogP contribution in [0.2, 0.25) is 0 Å². The SMILES string of the molecule is Cc1c(C2CCC(Sc3ccc4ccccc4n3)CC2)c2cc(F)ccc2n1CC(=O)O. The number of nitrogens with zero attached hydrogens (tertiary/aromatic N) is 2. The average Bonchev–Trinajstić information content (AvgIpc) is 3.04. The van der Waals surface area contributed by atoms with Gasteiger partial charge >= 0.3 is 5.97 Å². The van der Waals surface area contributed by atoms with Crippen LogP contribution < -0.4 is 0 Å². The molecule has 2 aromatic carbocycles. The Morgan fingerprint density at radius 3 is 2.69 bits per heavy atom. The lowest BCUT2D eigenvalue weighted by molar-refractivity contribution is -0.137. The molecule has 1 N–H and O–H groups in total. The van der Waals surface area contributed by atoms with Crippen molar-refractivity contribution in [2.24, 2.45) is 0 Å². The van der Waals surface area contributed by atoms with Crippen LogP contribution in [0.25, 0.3) is 21.8 Å². The minimum atomic E-state index is -0.885. The van der Waals surface area contributed by atoms with E-state index in [-0.39, 0.29) is 12.4 Å². The van der Waals surface area contributed by atoms with Crippen LogP contribution in [0, 0.1) is 12.7 Å². The fourth-order valence-electron chi connectivity index (χ4n) is 5.09. The first kappa shape index (κ1) is 21.0. The fourth-order valence-corrected chi connectivity index (χ4v) is 6.23. The van der Waals surface area contributed by atoms with E-state index in [0.717, 1.165) is 63.8 Å². The Morgan fingerprint density at radius 2 is 1.91 bits per heavy atom. The highest BCUT2D eigenvalue weighted by Crippen LogP contribution is 2.43. The summed E-state index contributed by atoms with van der Waals surface area (Å²) in [5.74, 6) is -0.850. The number of aromatic nitrogens is 2. The summed E-state index contributed by atoms with van der Waals surface area (Å²) in [6.45, 7) is 1.86. The van der Waals surface area contributed by atoms with Gasteiger partial charge in [0.2, 0.25) is 0 Å². The van der Waals surface area contributed by atoms with Gasteiger partial charge in [-0.25, -0.2) is 9.37 Å². The number of halogens is 1. The molecule has 6 heteroatoms. The standard InChI is InChI=1S/C26H25FN2O2S/c1-16-26(21-14-19(27)9-12-23(21)29(16)15-25(30)31)18-6-10-20(11-7-18)32-24-13-8-17-4-2-3-5-22(17)28-24/h2-5,8-9,12-14,18,20H,6-7,10-11,15H2,1H3,(H,30,31). The number of carboxylic acid groups (broad SMARTS) is 1. The quantitative estimate of drug-likeness (QED) is 0.377. The Morgan fingerprint density at radius 1 is 1.12 bits per heavy atom. The Balaban J connectivity index is 1.36. The average molecular weight is 449 g/mol. The molecule has 0 aliphatic heterocycles. The maximum Gasteiger partial charge on any atom is 0.323 e. The molecule has 2 heterocycles. The van der Waals surface area contributed by atoms with Gasteiger partial charge in [-0.15, -0.1) is 11.8 Å². The number of hydrogen-bond acceptors (Lipinski definition) is 3. The molecule has 1 aliphatic rings. The number of fused-ring (bicyclic) bond motifs is 2. The Hall–Kier alpha value is -2.86. The largest absolute Gasteiger partial charge is 0.480 e. The van der Waals surface area contributed by atoms with Crippen LogP contribution in [-0.2, 0) is 11.3 Å². The second-order valence-corrected chi connectivity index (χ2v) is 9.89. The van der Waals surface area contributed by atoms with Crippen molar-refractivity contribution in [3.8, 4) is 0 Å². The van der Waals surface area contributed by atoms with Gasteiger partial charge in [0, 0.05) is 27.2 Å². The van der Waals surface area contributed by atoms with E-state index in [1.54, 1.807) is 12.1 Å². The summed E-state index contributed by atoms with van der Waals surface area (Å²) in [6, 6.07) is 17.1. The van der Waals surface area contributed by atoms with E-state index in [0.29, 0.717) is 11.2 Å². The number of carboxylic acids is 1. The molecule has 1 saturated carbocycles. The van der Waals surface area contributed by atoms with Crippen LogP contribution in [0.4, 0.5) is 4.39 Å². The molecule has 0 unspecified atom stereocenters. The Labute approximate surface area is 190 Å². The molecule has 0 radical (unpaired) electrons. The van der Waals surface area contributed by atoms with E-state index in [1.165, 1.54) is 6.07 Å². The highest BCUT2D eigenvalue weighted by Gasteiger charge is 2.28. The number of benzene rings is 2. The zero-order chi connectivity index (χ0) is 22.2. The summed E-state index contributed by atoms with van der Waals surface area (Å²) >= 11 is 1.85. The summed E-state index contributed by atoms with van der Waals surface area (Å²) in [5, 5.41) is 12.9. The van der Waals surface area contributed by atoms with Gasteiger partial charge in [0.15, 0.2) is 0 Å². The molecule has 164 valence electrons. The molecular formula is C26H25FN2O2S. The first-order valence-electron chi connectivity index (χ1n) is 11.0. The van der Waals surface area contributed by atoms with Crippen molar-refractivity contribution in [1.29, 1.82) is 0 Å². The molecule has 0 saturated heterocycles. The molecule has 1 aliphatic carbocycles. The van der Waals surface area contributed by atoms with Crippen LogP contribution in [-0.4, -0.2) is 25.9 Å². The Kier molecular flexibility index (Phi) is 5.64. The lowest BCUT2D eigenvalue weighted by atomic mass is 9.82. The van der Waals surface area contributed by atoms with Gasteiger partial charge in [-0.1, -0.05) is 24.3 Å². The summed E-state index contributed by atoms with van der Waals surface area (Å²) in [7, 11) is 0. The predicted molar refractivity (Wildman–Crippen MR) is 127 cm³/mol. The minimum Gasteiger partial charge on any atom is -0.480 e. The van der Waals surface area contributed by atoms with E-state index >= 15 is 0 Å². The molecule has 32 heavy (non-hydrogen) atoms. The fraction of sp³-hybridized carbons (Fsp3) is 0.308.